The van der Waals surface area contributed by atoms with Crippen molar-refractivity contribution in [1.82, 2.24) is 24.8 Å². The summed E-state index contributed by atoms with van der Waals surface area (Å²) in [5.41, 5.74) is -0.579. The van der Waals surface area contributed by atoms with Gasteiger partial charge < -0.3 is 33.7 Å². The van der Waals surface area contributed by atoms with Crippen LogP contribution in [0, 0.1) is 24.0 Å². The third kappa shape index (κ3) is 9.50. The first-order valence-electron chi connectivity index (χ1n) is 21.7. The van der Waals surface area contributed by atoms with Crippen molar-refractivity contribution in [3.63, 3.8) is 0 Å². The Bertz CT molecular complexity index is 2330. The van der Waals surface area contributed by atoms with Crippen LogP contribution in [0.25, 0.3) is 32.9 Å². The van der Waals surface area contributed by atoms with Gasteiger partial charge in [0.15, 0.2) is 12.1 Å². The van der Waals surface area contributed by atoms with E-state index < -0.39 is 29.5 Å². The van der Waals surface area contributed by atoms with Crippen molar-refractivity contribution in [1.29, 1.82) is 0 Å². The first kappa shape index (κ1) is 43.3. The topological polar surface area (TPSA) is 149 Å². The molecule has 0 radical (unpaired) electrons. The molecule has 2 aromatic carbocycles. The van der Waals surface area contributed by atoms with Gasteiger partial charge in [0.1, 0.15) is 40.8 Å². The number of anilines is 1. The SMILES string of the molecule is C#Cc1c(F)ccc2cc(OC3CCCCO3)cc(-c3ncc4c(N5CC6CCC(C5)N6C(=O)OC(C)(C)C)nc(OC[C@@H]5CCCN5CCCOCCC(=O)O)nc4c3F)c12. The van der Waals surface area contributed by atoms with Crippen molar-refractivity contribution in [2.45, 2.75) is 109 Å². The summed E-state index contributed by atoms with van der Waals surface area (Å²) in [6, 6.07) is 5.95. The first-order valence-corrected chi connectivity index (χ1v) is 21.7. The third-order valence-electron chi connectivity index (χ3n) is 12.0. The molecule has 0 spiro atoms. The summed E-state index contributed by atoms with van der Waals surface area (Å²) in [4.78, 5) is 44.7. The fourth-order valence-electron chi connectivity index (χ4n) is 9.15. The lowest BCUT2D eigenvalue weighted by Gasteiger charge is -2.42. The predicted molar refractivity (Wildman–Crippen MR) is 227 cm³/mol. The molecule has 2 aromatic heterocycles. The minimum atomic E-state index is -0.894. The maximum absolute atomic E-state index is 17.5. The fraction of sp³-hybridized carbons (Fsp3) is 0.543. The second-order valence-electron chi connectivity index (χ2n) is 17.5. The summed E-state index contributed by atoms with van der Waals surface area (Å²) >= 11 is 0. The number of ether oxygens (including phenoxy) is 5. The number of amides is 1. The van der Waals surface area contributed by atoms with Crippen molar-refractivity contribution < 1.29 is 47.2 Å². The average molecular weight is 857 g/mol. The molecule has 0 saturated carbocycles. The summed E-state index contributed by atoms with van der Waals surface area (Å²) in [6.07, 6.45) is 13.2. The van der Waals surface area contributed by atoms with Crippen LogP contribution in [0.1, 0.15) is 84.1 Å². The lowest BCUT2D eigenvalue weighted by Crippen LogP contribution is -2.57. The standard InChI is InChI=1S/C46H54F2N6O8/c1-5-33-36(47)15-12-28-22-32(61-38-11-6-7-20-59-38)23-34(39(28)33)41-40(48)42-35(24-49-41)43(53-25-29-13-14-30(26-53)54(29)45(57)62-46(2,3)4)51-44(50-42)60-27-31-10-8-17-52(31)18-9-19-58-21-16-37(55)56/h1,12,15,22-24,29-31,38H,6-11,13-14,16-21,25-27H2,2-4H3,(H,55,56)/t29?,30?,31-,38?/m0/s1. The van der Waals surface area contributed by atoms with Crippen molar-refractivity contribution in [3.05, 3.63) is 47.7 Å². The van der Waals surface area contributed by atoms with Crippen molar-refractivity contribution in [2.75, 3.05) is 57.5 Å². The Kier molecular flexibility index (Phi) is 12.9. The van der Waals surface area contributed by atoms with Gasteiger partial charge in [0.05, 0.1) is 42.7 Å². The number of carbonyl (C=O) groups is 2. The summed E-state index contributed by atoms with van der Waals surface area (Å²) < 4.78 is 62.6. The molecule has 1 amide bonds. The van der Waals surface area contributed by atoms with Gasteiger partial charge in [-0.15, -0.1) is 6.42 Å². The molecule has 8 rings (SSSR count). The molecular weight excluding hydrogens is 803 g/mol. The van der Waals surface area contributed by atoms with E-state index in [-0.39, 0.29) is 72.2 Å². The highest BCUT2D eigenvalue weighted by Gasteiger charge is 2.45. The number of carboxylic acids is 1. The summed E-state index contributed by atoms with van der Waals surface area (Å²) in [7, 11) is 0. The zero-order valence-electron chi connectivity index (χ0n) is 35.5. The molecule has 2 bridgehead atoms. The summed E-state index contributed by atoms with van der Waals surface area (Å²) in [6.45, 7) is 9.42. The fourth-order valence-corrected chi connectivity index (χ4v) is 9.15. The molecule has 16 heteroatoms. The van der Waals surface area contributed by atoms with E-state index in [1.807, 2.05) is 30.6 Å². The minimum Gasteiger partial charge on any atom is -0.481 e. The normalized spacial score (nSPS) is 21.7. The van der Waals surface area contributed by atoms with Crippen molar-refractivity contribution >= 4 is 39.6 Å². The van der Waals surface area contributed by atoms with Gasteiger partial charge in [-0.05, 0) is 95.8 Å². The van der Waals surface area contributed by atoms with Gasteiger partial charge in [-0.1, -0.05) is 12.0 Å². The summed E-state index contributed by atoms with van der Waals surface area (Å²) in [5.74, 6) is 1.00. The number of rotatable bonds is 14. The molecule has 4 aliphatic heterocycles. The van der Waals surface area contributed by atoms with E-state index in [2.05, 4.69) is 15.8 Å². The quantitative estimate of drug-likeness (QED) is 0.0998. The smallest absolute Gasteiger partial charge is 0.410 e. The molecule has 4 saturated heterocycles. The van der Waals surface area contributed by atoms with Crippen LogP contribution in [0.2, 0.25) is 0 Å². The van der Waals surface area contributed by atoms with Crippen LogP contribution in [0.3, 0.4) is 0 Å². The average Bonchev–Trinajstić information content (AvgIpc) is 3.80. The van der Waals surface area contributed by atoms with E-state index in [9.17, 15) is 9.59 Å². The molecule has 3 unspecified atom stereocenters. The Morgan fingerprint density at radius 2 is 1.84 bits per heavy atom. The maximum atomic E-state index is 17.5. The first-order chi connectivity index (χ1) is 29.9. The highest BCUT2D eigenvalue weighted by molar-refractivity contribution is 6.03. The number of fused-ring (bicyclic) bond motifs is 4. The van der Waals surface area contributed by atoms with E-state index in [0.717, 1.165) is 58.0 Å². The second-order valence-corrected chi connectivity index (χ2v) is 17.5. The molecule has 4 aromatic rings. The number of terminal acetylenes is 1. The molecule has 62 heavy (non-hydrogen) atoms. The Hall–Kier alpha value is -5.37. The Balaban J connectivity index is 1.15. The van der Waals surface area contributed by atoms with Crippen LogP contribution in [0.4, 0.5) is 19.4 Å². The van der Waals surface area contributed by atoms with E-state index in [0.29, 0.717) is 60.5 Å². The highest BCUT2D eigenvalue weighted by atomic mass is 19.1. The number of benzene rings is 2. The van der Waals surface area contributed by atoms with Gasteiger partial charge in [0, 0.05) is 55.9 Å². The zero-order valence-corrected chi connectivity index (χ0v) is 35.5. The number of hydrogen-bond acceptors (Lipinski definition) is 12. The third-order valence-corrected chi connectivity index (χ3v) is 12.0. The monoisotopic (exact) mass is 856 g/mol. The minimum absolute atomic E-state index is 0.0129. The lowest BCUT2D eigenvalue weighted by atomic mass is 9.95. The molecule has 4 aliphatic rings. The molecule has 0 aliphatic carbocycles. The van der Waals surface area contributed by atoms with Crippen molar-refractivity contribution in [2.24, 2.45) is 0 Å². The zero-order chi connectivity index (χ0) is 43.5. The number of carboxylic acid groups (broad SMARTS) is 1. The molecule has 4 atom stereocenters. The number of aliphatic carboxylic acids is 1. The number of piperazine rings is 1. The van der Waals surface area contributed by atoms with Crippen LogP contribution >= 0.6 is 0 Å². The number of nitrogens with zero attached hydrogens (tertiary/aromatic N) is 6. The highest BCUT2D eigenvalue weighted by Crippen LogP contribution is 2.41. The molecular formula is C46H54F2N6O8. The number of halogens is 2. The van der Waals surface area contributed by atoms with Crippen LogP contribution in [0.5, 0.6) is 11.8 Å². The molecule has 330 valence electrons. The number of pyridine rings is 1. The van der Waals surface area contributed by atoms with Crippen LogP contribution in [-0.4, -0.2) is 125 Å². The van der Waals surface area contributed by atoms with E-state index in [1.165, 1.54) is 12.3 Å². The van der Waals surface area contributed by atoms with Crippen LogP contribution in [0.15, 0.2) is 30.5 Å². The van der Waals surface area contributed by atoms with Gasteiger partial charge in [-0.3, -0.25) is 19.6 Å². The molecule has 1 N–H and O–H groups in total. The lowest BCUT2D eigenvalue weighted by molar-refractivity contribution is -0.138. The maximum Gasteiger partial charge on any atom is 0.410 e. The number of carbonyl (C=O) groups excluding carboxylic acids is 1. The Morgan fingerprint density at radius 3 is 2.56 bits per heavy atom. The number of aromatic nitrogens is 3. The van der Waals surface area contributed by atoms with Gasteiger partial charge >= 0.3 is 18.1 Å². The number of likely N-dealkylation sites (tertiary alicyclic amines) is 1. The predicted octanol–water partition coefficient (Wildman–Crippen LogP) is 7.32. The van der Waals surface area contributed by atoms with Crippen molar-refractivity contribution in [3.8, 4) is 35.4 Å². The van der Waals surface area contributed by atoms with E-state index in [1.54, 1.807) is 18.2 Å². The van der Waals surface area contributed by atoms with Gasteiger partial charge in [0.2, 0.25) is 0 Å². The molecule has 6 heterocycles. The summed E-state index contributed by atoms with van der Waals surface area (Å²) in [5, 5.41) is 10.1. The van der Waals surface area contributed by atoms with E-state index >= 15 is 8.78 Å². The second kappa shape index (κ2) is 18.5. The van der Waals surface area contributed by atoms with Gasteiger partial charge in [0.25, 0.3) is 0 Å². The Morgan fingerprint density at radius 1 is 1.03 bits per heavy atom. The van der Waals surface area contributed by atoms with Crippen LogP contribution < -0.4 is 14.4 Å². The van der Waals surface area contributed by atoms with Gasteiger partial charge in [-0.25, -0.2) is 13.6 Å². The molecule has 14 nitrogen and oxygen atoms in total. The number of hydrogen-bond donors (Lipinski definition) is 1. The van der Waals surface area contributed by atoms with Gasteiger partial charge in [-0.2, -0.15) is 9.97 Å². The van der Waals surface area contributed by atoms with Crippen LogP contribution in [-0.2, 0) is 19.0 Å². The molecule has 4 fully saturated rings. The largest absolute Gasteiger partial charge is 0.481 e. The Labute approximate surface area is 359 Å². The van der Waals surface area contributed by atoms with E-state index in [4.69, 9.17) is 45.2 Å².